The zero-order valence-electron chi connectivity index (χ0n) is 14.1. The smallest absolute Gasteiger partial charge is 0.330 e. The van der Waals surface area contributed by atoms with Crippen LogP contribution in [0, 0.1) is 5.92 Å². The molecule has 134 valence electrons. The normalized spacial score (nSPS) is 13.9. The Morgan fingerprint density at radius 2 is 2.04 bits per heavy atom. The zero-order chi connectivity index (χ0) is 18.3. The van der Waals surface area contributed by atoms with Crippen LogP contribution in [0.2, 0.25) is 0 Å². The van der Waals surface area contributed by atoms with Gasteiger partial charge in [0.2, 0.25) is 0 Å². The van der Waals surface area contributed by atoms with E-state index in [9.17, 15) is 18.0 Å². The second kappa shape index (κ2) is 9.01. The molecule has 2 atom stereocenters. The maximum absolute atomic E-state index is 12.8. The summed E-state index contributed by atoms with van der Waals surface area (Å²) in [5, 5.41) is 4.32. The fourth-order valence-corrected chi connectivity index (χ4v) is 2.81. The fraction of sp³-hybridized carbons (Fsp3) is 0.529. The zero-order valence-corrected chi connectivity index (χ0v) is 14.9. The number of halogens is 3. The minimum atomic E-state index is -4.45. The van der Waals surface area contributed by atoms with Crippen molar-refractivity contribution in [2.75, 3.05) is 11.9 Å². The first-order valence-electron chi connectivity index (χ1n) is 7.91. The first-order valence-corrected chi connectivity index (χ1v) is 8.38. The summed E-state index contributed by atoms with van der Waals surface area (Å²) in [6.07, 6.45) is -1.70. The summed E-state index contributed by atoms with van der Waals surface area (Å²) in [6, 6.07) is 3.91. The minimum absolute atomic E-state index is 0.175. The third-order valence-electron chi connectivity index (χ3n) is 3.99. The second-order valence-corrected chi connectivity index (χ2v) is 5.95. The third-order valence-corrected chi connectivity index (χ3v) is 4.29. The molecule has 0 saturated carbocycles. The highest BCUT2D eigenvalue weighted by Gasteiger charge is 2.31. The van der Waals surface area contributed by atoms with E-state index in [0.717, 1.165) is 31.4 Å². The predicted molar refractivity (Wildman–Crippen MR) is 94.5 cm³/mol. The Hall–Kier alpha value is -1.63. The Balaban J connectivity index is 2.89. The van der Waals surface area contributed by atoms with E-state index in [0.29, 0.717) is 0 Å². The van der Waals surface area contributed by atoms with Crippen LogP contribution in [0.15, 0.2) is 24.3 Å². The summed E-state index contributed by atoms with van der Waals surface area (Å²) in [6.45, 7) is 4.08. The van der Waals surface area contributed by atoms with E-state index in [1.165, 1.54) is 29.4 Å². The van der Waals surface area contributed by atoms with E-state index >= 15 is 0 Å². The molecule has 0 aliphatic heterocycles. The van der Waals surface area contributed by atoms with Gasteiger partial charge < -0.3 is 5.32 Å². The van der Waals surface area contributed by atoms with Crippen molar-refractivity contribution in [3.63, 3.8) is 0 Å². The third kappa shape index (κ3) is 5.47. The largest absolute Gasteiger partial charge is 0.416 e. The first-order chi connectivity index (χ1) is 11.2. The van der Waals surface area contributed by atoms with Crippen molar-refractivity contribution in [3.05, 3.63) is 29.8 Å². The van der Waals surface area contributed by atoms with Gasteiger partial charge >= 0.3 is 12.2 Å². The molecule has 3 nitrogen and oxygen atoms in total. The summed E-state index contributed by atoms with van der Waals surface area (Å²) >= 11 is 5.01. The van der Waals surface area contributed by atoms with Crippen LogP contribution in [0.4, 0.5) is 23.7 Å². The molecule has 0 fully saturated rings. The van der Waals surface area contributed by atoms with Crippen LogP contribution >= 0.6 is 12.2 Å². The van der Waals surface area contributed by atoms with E-state index in [1.807, 2.05) is 6.92 Å². The van der Waals surface area contributed by atoms with Crippen LogP contribution in [-0.2, 0) is 6.18 Å². The Bertz CT molecular complexity index is 563. The number of carbonyl (C=O) groups excluding carboxylic acids is 1. The van der Waals surface area contributed by atoms with Gasteiger partial charge in [0, 0.05) is 18.1 Å². The Morgan fingerprint density at radius 3 is 2.54 bits per heavy atom. The number of alkyl halides is 3. The summed E-state index contributed by atoms with van der Waals surface area (Å²) < 4.78 is 38.4. The summed E-state index contributed by atoms with van der Waals surface area (Å²) in [7, 11) is 1.44. The van der Waals surface area contributed by atoms with E-state index in [-0.39, 0.29) is 17.6 Å². The van der Waals surface area contributed by atoms with Gasteiger partial charge in [0.15, 0.2) is 0 Å². The van der Waals surface area contributed by atoms with Crippen LogP contribution in [-0.4, -0.2) is 24.5 Å². The maximum atomic E-state index is 12.8. The lowest BCUT2D eigenvalue weighted by molar-refractivity contribution is -0.137. The van der Waals surface area contributed by atoms with Crippen LogP contribution in [0.3, 0.4) is 0 Å². The van der Waals surface area contributed by atoms with Gasteiger partial charge in [-0.15, -0.1) is 0 Å². The highest BCUT2D eigenvalue weighted by Crippen LogP contribution is 2.31. The topological polar surface area (TPSA) is 32.3 Å². The molecular weight excluding hydrogens is 337 g/mol. The quantitative estimate of drug-likeness (QED) is 0.691. The van der Waals surface area contributed by atoms with Gasteiger partial charge in [0.1, 0.15) is 0 Å². The summed E-state index contributed by atoms with van der Waals surface area (Å²) in [5.74, 6) is 0.214. The minimum Gasteiger partial charge on any atom is -0.330 e. The van der Waals surface area contributed by atoms with Gasteiger partial charge in [0.05, 0.1) is 11.6 Å². The van der Waals surface area contributed by atoms with Crippen molar-refractivity contribution in [2.45, 2.75) is 45.3 Å². The number of amides is 2. The van der Waals surface area contributed by atoms with Gasteiger partial charge in [-0.1, -0.05) is 45.0 Å². The van der Waals surface area contributed by atoms with Gasteiger partial charge in [-0.2, -0.15) is 13.2 Å². The van der Waals surface area contributed by atoms with Crippen LogP contribution in [0.1, 0.15) is 38.7 Å². The molecule has 1 aromatic carbocycles. The van der Waals surface area contributed by atoms with Gasteiger partial charge in [-0.3, -0.25) is 4.90 Å². The first kappa shape index (κ1) is 20.4. The Labute approximate surface area is 146 Å². The Morgan fingerprint density at radius 1 is 1.38 bits per heavy atom. The number of hydrogen-bond donors (Lipinski definition) is 1. The highest BCUT2D eigenvalue weighted by atomic mass is 32.1. The van der Waals surface area contributed by atoms with E-state index in [1.54, 1.807) is 0 Å². The molecule has 1 aromatic rings. The number of hydrogen-bond acceptors (Lipinski definition) is 2. The number of anilines is 1. The molecule has 1 rings (SSSR count). The molecular formula is C17H23F3N2OS. The SMILES string of the molecule is CCCC(CC)[C@H](C=S)NC(=O)N(C)c1cccc(C(F)(F)F)c1. The number of thiocarbonyl (C=S) groups is 1. The Kier molecular flexibility index (Phi) is 7.66. The van der Waals surface area contributed by atoms with Crippen molar-refractivity contribution >= 4 is 29.3 Å². The van der Waals surface area contributed by atoms with Crippen molar-refractivity contribution < 1.29 is 18.0 Å². The lowest BCUT2D eigenvalue weighted by Gasteiger charge is -2.27. The monoisotopic (exact) mass is 360 g/mol. The predicted octanol–water partition coefficient (Wildman–Crippen LogP) is 5.05. The number of urea groups is 1. The van der Waals surface area contributed by atoms with Gasteiger partial charge in [-0.05, 0) is 30.5 Å². The molecule has 24 heavy (non-hydrogen) atoms. The van der Waals surface area contributed by atoms with Crippen LogP contribution < -0.4 is 10.2 Å². The summed E-state index contributed by atoms with van der Waals surface area (Å²) in [5.41, 5.74) is -0.613. The van der Waals surface area contributed by atoms with Gasteiger partial charge in [-0.25, -0.2) is 4.79 Å². The lowest BCUT2D eigenvalue weighted by atomic mass is 9.93. The van der Waals surface area contributed by atoms with Crippen molar-refractivity contribution in [2.24, 2.45) is 5.92 Å². The average molecular weight is 360 g/mol. The molecule has 0 aliphatic rings. The van der Waals surface area contributed by atoms with Crippen LogP contribution in [0.5, 0.6) is 0 Å². The van der Waals surface area contributed by atoms with Crippen molar-refractivity contribution in [1.29, 1.82) is 0 Å². The molecule has 1 N–H and O–H groups in total. The van der Waals surface area contributed by atoms with E-state index in [4.69, 9.17) is 12.2 Å². The molecule has 0 radical (unpaired) electrons. The average Bonchev–Trinajstić information content (AvgIpc) is 2.56. The molecule has 0 saturated heterocycles. The molecule has 7 heteroatoms. The maximum Gasteiger partial charge on any atom is 0.416 e. The van der Waals surface area contributed by atoms with Gasteiger partial charge in [0.25, 0.3) is 0 Å². The molecule has 0 heterocycles. The number of benzene rings is 1. The van der Waals surface area contributed by atoms with Crippen molar-refractivity contribution in [3.8, 4) is 0 Å². The molecule has 0 spiro atoms. The number of nitrogens with zero attached hydrogens (tertiary/aromatic N) is 1. The number of nitrogens with one attached hydrogen (secondary N) is 1. The molecule has 0 aromatic heterocycles. The van der Waals surface area contributed by atoms with E-state index in [2.05, 4.69) is 12.2 Å². The molecule has 1 unspecified atom stereocenters. The lowest BCUT2D eigenvalue weighted by Crippen LogP contribution is -2.47. The fourth-order valence-electron chi connectivity index (χ4n) is 2.52. The van der Waals surface area contributed by atoms with Crippen molar-refractivity contribution in [1.82, 2.24) is 5.32 Å². The number of rotatable bonds is 7. The van der Waals surface area contributed by atoms with E-state index < -0.39 is 17.8 Å². The molecule has 2 amide bonds. The highest BCUT2D eigenvalue weighted by molar-refractivity contribution is 7.79. The second-order valence-electron chi connectivity index (χ2n) is 5.68. The molecule has 0 aliphatic carbocycles. The van der Waals surface area contributed by atoms with Crippen LogP contribution in [0.25, 0.3) is 0 Å². The standard InChI is InChI=1S/C17H23F3N2OS/c1-4-7-12(5-2)15(11-24)21-16(23)22(3)14-9-6-8-13(10-14)17(18,19)20/h6,8-12,15H,4-5,7H2,1-3H3,(H,21,23)/t12?,15-/m0/s1. The number of carbonyl (C=O) groups is 1. The summed E-state index contributed by atoms with van der Waals surface area (Å²) in [4.78, 5) is 13.5. The molecule has 0 bridgehead atoms.